The molecule has 144 valence electrons. The molecule has 0 heterocycles. The molecule has 0 unspecified atom stereocenters. The molecule has 0 spiro atoms. The number of carbonyl (C=O) groups excluding carboxylic acids is 2. The number of ketones is 1. The van der Waals surface area contributed by atoms with Gasteiger partial charge in [-0.1, -0.05) is 18.2 Å². The van der Waals surface area contributed by atoms with Crippen LogP contribution in [0.4, 0.5) is 13.2 Å². The Kier molecular flexibility index (Phi) is 8.47. The number of benzene rings is 1. The lowest BCUT2D eigenvalue weighted by atomic mass is 10.0. The van der Waals surface area contributed by atoms with E-state index in [9.17, 15) is 22.8 Å². The molecule has 0 N–H and O–H groups in total. The van der Waals surface area contributed by atoms with Crippen molar-refractivity contribution in [2.45, 2.75) is 33.2 Å². The number of ether oxygens (including phenoxy) is 3. The van der Waals surface area contributed by atoms with E-state index in [0.29, 0.717) is 0 Å². The van der Waals surface area contributed by atoms with Gasteiger partial charge in [-0.25, -0.2) is 4.79 Å². The number of hydrogen-bond acceptors (Lipinski definition) is 5. The summed E-state index contributed by atoms with van der Waals surface area (Å²) in [6.45, 7) is 4.94. The highest BCUT2D eigenvalue weighted by atomic mass is 19.4. The lowest BCUT2D eigenvalue weighted by Gasteiger charge is -2.17. The van der Waals surface area contributed by atoms with Gasteiger partial charge in [0, 0.05) is 13.2 Å². The van der Waals surface area contributed by atoms with Crippen LogP contribution in [0.1, 0.15) is 31.9 Å². The van der Waals surface area contributed by atoms with Gasteiger partial charge in [0.1, 0.15) is 5.57 Å². The molecule has 1 aromatic rings. The van der Waals surface area contributed by atoms with Crippen LogP contribution in [-0.2, 0) is 30.0 Å². The van der Waals surface area contributed by atoms with Crippen LogP contribution in [0, 0.1) is 0 Å². The van der Waals surface area contributed by atoms with Gasteiger partial charge in [0.15, 0.2) is 0 Å². The topological polar surface area (TPSA) is 61.8 Å². The van der Waals surface area contributed by atoms with Crippen LogP contribution < -0.4 is 0 Å². The smallest absolute Gasteiger partial charge is 0.416 e. The zero-order chi connectivity index (χ0) is 19.7. The Morgan fingerprint density at radius 3 is 2.12 bits per heavy atom. The van der Waals surface area contributed by atoms with Gasteiger partial charge in [0.05, 0.1) is 12.2 Å². The SMILES string of the molecule is CCOC(=O)C(=Cc1ccccc1C(F)(F)F)C(=O)C(OCC)OCC. The Labute approximate surface area is 149 Å². The number of hydrogen-bond donors (Lipinski definition) is 0. The van der Waals surface area contributed by atoms with Gasteiger partial charge in [-0.2, -0.15) is 13.2 Å². The van der Waals surface area contributed by atoms with Crippen LogP contribution in [-0.4, -0.2) is 37.9 Å². The summed E-state index contributed by atoms with van der Waals surface area (Å²) in [5, 5.41) is 0. The second-order valence-electron chi connectivity index (χ2n) is 4.97. The van der Waals surface area contributed by atoms with Crippen molar-refractivity contribution in [2.75, 3.05) is 19.8 Å². The molecule has 1 rings (SSSR count). The van der Waals surface area contributed by atoms with E-state index in [1.807, 2.05) is 0 Å². The number of rotatable bonds is 9. The molecule has 1 aromatic carbocycles. The lowest BCUT2D eigenvalue weighted by molar-refractivity contribution is -0.166. The largest absolute Gasteiger partial charge is 0.462 e. The normalized spacial score (nSPS) is 12.3. The molecule has 0 saturated heterocycles. The first-order valence-corrected chi connectivity index (χ1v) is 8.08. The Hall–Kier alpha value is -2.19. The molecule has 0 bridgehead atoms. The molecule has 0 atom stereocenters. The molecule has 5 nitrogen and oxygen atoms in total. The summed E-state index contributed by atoms with van der Waals surface area (Å²) in [6.07, 6.45) is -5.19. The van der Waals surface area contributed by atoms with Crippen molar-refractivity contribution >= 4 is 17.8 Å². The summed E-state index contributed by atoms with van der Waals surface area (Å²) in [7, 11) is 0. The predicted octanol–water partition coefficient (Wildman–Crippen LogP) is 3.62. The minimum absolute atomic E-state index is 0.0433. The van der Waals surface area contributed by atoms with Gasteiger partial charge >= 0.3 is 12.1 Å². The maximum atomic E-state index is 13.2. The first-order valence-electron chi connectivity index (χ1n) is 8.08. The van der Waals surface area contributed by atoms with Crippen molar-refractivity contribution < 1.29 is 37.0 Å². The molecule has 0 aliphatic heterocycles. The Morgan fingerprint density at radius 2 is 1.62 bits per heavy atom. The molecule has 0 fully saturated rings. The van der Waals surface area contributed by atoms with Crippen molar-refractivity contribution in [1.29, 1.82) is 0 Å². The number of esters is 1. The number of halogens is 3. The fraction of sp³-hybridized carbons (Fsp3) is 0.444. The van der Waals surface area contributed by atoms with Crippen LogP contribution in [0.2, 0.25) is 0 Å². The van der Waals surface area contributed by atoms with E-state index >= 15 is 0 Å². The number of Topliss-reactive ketones (excluding diaryl/α,β-unsaturated/α-hetero) is 1. The Morgan fingerprint density at radius 1 is 1.04 bits per heavy atom. The van der Waals surface area contributed by atoms with Crippen molar-refractivity contribution in [1.82, 2.24) is 0 Å². The van der Waals surface area contributed by atoms with Crippen molar-refractivity contribution in [3.05, 3.63) is 41.0 Å². The summed E-state index contributed by atoms with van der Waals surface area (Å²) in [5.41, 5.74) is -1.88. The highest BCUT2D eigenvalue weighted by Crippen LogP contribution is 2.33. The van der Waals surface area contributed by atoms with Crippen molar-refractivity contribution in [3.63, 3.8) is 0 Å². The van der Waals surface area contributed by atoms with Crippen LogP contribution in [0.25, 0.3) is 6.08 Å². The minimum atomic E-state index is -4.64. The lowest BCUT2D eigenvalue weighted by Crippen LogP contribution is -2.32. The van der Waals surface area contributed by atoms with E-state index in [1.165, 1.54) is 19.1 Å². The van der Waals surface area contributed by atoms with Gasteiger partial charge in [0.25, 0.3) is 0 Å². The van der Waals surface area contributed by atoms with Crippen molar-refractivity contribution in [3.8, 4) is 0 Å². The molecule has 0 aromatic heterocycles. The third-order valence-electron chi connectivity index (χ3n) is 3.18. The first kappa shape index (κ1) is 21.9. The average Bonchev–Trinajstić information content (AvgIpc) is 2.58. The van der Waals surface area contributed by atoms with E-state index in [-0.39, 0.29) is 25.4 Å². The summed E-state index contributed by atoms with van der Waals surface area (Å²) < 4.78 is 54.6. The van der Waals surface area contributed by atoms with Crippen LogP contribution in [0.15, 0.2) is 29.8 Å². The third-order valence-corrected chi connectivity index (χ3v) is 3.18. The molecule has 26 heavy (non-hydrogen) atoms. The zero-order valence-corrected chi connectivity index (χ0v) is 14.8. The van der Waals surface area contributed by atoms with E-state index in [0.717, 1.165) is 18.2 Å². The molecule has 0 amide bonds. The summed E-state index contributed by atoms with van der Waals surface area (Å²) >= 11 is 0. The van der Waals surface area contributed by atoms with Crippen molar-refractivity contribution in [2.24, 2.45) is 0 Å². The molecule has 0 saturated carbocycles. The molecular weight excluding hydrogens is 353 g/mol. The summed E-state index contributed by atoms with van der Waals surface area (Å²) in [5.74, 6) is -1.94. The summed E-state index contributed by atoms with van der Waals surface area (Å²) in [6, 6.07) is 4.61. The standard InChI is InChI=1S/C18H21F3O5/c1-4-24-16(23)13(15(22)17(25-5-2)26-6-3)11-12-9-7-8-10-14(12)18(19,20)21/h7-11,17H,4-6H2,1-3H3. The summed E-state index contributed by atoms with van der Waals surface area (Å²) in [4.78, 5) is 24.8. The highest BCUT2D eigenvalue weighted by molar-refractivity contribution is 6.21. The van der Waals surface area contributed by atoms with E-state index in [2.05, 4.69) is 0 Å². The third kappa shape index (κ3) is 5.96. The van der Waals surface area contributed by atoms with Gasteiger partial charge in [-0.05, 0) is 38.5 Å². The van der Waals surface area contributed by atoms with Gasteiger partial charge in [0.2, 0.25) is 12.1 Å². The van der Waals surface area contributed by atoms with Crippen LogP contribution in [0.5, 0.6) is 0 Å². The molecule has 0 radical (unpaired) electrons. The van der Waals surface area contributed by atoms with Gasteiger partial charge in [-0.3, -0.25) is 4.79 Å². The van der Waals surface area contributed by atoms with Gasteiger partial charge < -0.3 is 14.2 Å². The maximum Gasteiger partial charge on any atom is 0.416 e. The second-order valence-corrected chi connectivity index (χ2v) is 4.97. The second kappa shape index (κ2) is 10.1. The maximum absolute atomic E-state index is 13.2. The molecule has 8 heteroatoms. The molecular formula is C18H21F3O5. The molecule has 0 aliphatic rings. The zero-order valence-electron chi connectivity index (χ0n) is 14.8. The van der Waals surface area contributed by atoms with E-state index in [1.54, 1.807) is 13.8 Å². The highest BCUT2D eigenvalue weighted by Gasteiger charge is 2.34. The monoisotopic (exact) mass is 374 g/mol. The first-order chi connectivity index (χ1) is 12.3. The predicted molar refractivity (Wildman–Crippen MR) is 88.1 cm³/mol. The Balaban J connectivity index is 3.41. The average molecular weight is 374 g/mol. The Bertz CT molecular complexity index is 646. The minimum Gasteiger partial charge on any atom is -0.462 e. The molecule has 0 aliphatic carbocycles. The van der Waals surface area contributed by atoms with E-state index < -0.39 is 35.4 Å². The number of carbonyl (C=O) groups is 2. The van der Waals surface area contributed by atoms with E-state index in [4.69, 9.17) is 14.2 Å². The number of alkyl halides is 3. The van der Waals surface area contributed by atoms with Crippen LogP contribution >= 0.6 is 0 Å². The fourth-order valence-electron chi connectivity index (χ4n) is 2.11. The van der Waals surface area contributed by atoms with Gasteiger partial charge in [-0.15, -0.1) is 0 Å². The fourth-order valence-corrected chi connectivity index (χ4v) is 2.11. The quantitative estimate of drug-likeness (QED) is 0.217. The van der Waals surface area contributed by atoms with Crippen LogP contribution in [0.3, 0.4) is 0 Å².